The van der Waals surface area contributed by atoms with Gasteiger partial charge in [0.25, 0.3) is 0 Å². The molecule has 1 saturated carbocycles. The molecule has 9 heteroatoms. The second kappa shape index (κ2) is 7.33. The van der Waals surface area contributed by atoms with Gasteiger partial charge in [0.05, 0.1) is 18.4 Å². The van der Waals surface area contributed by atoms with Gasteiger partial charge in [0.2, 0.25) is 5.91 Å². The number of ether oxygens (including phenoxy) is 1. The third-order valence-electron chi connectivity index (χ3n) is 8.19. The number of hydrogen-bond donors (Lipinski definition) is 1. The van der Waals surface area contributed by atoms with Gasteiger partial charge in [-0.2, -0.15) is 0 Å². The van der Waals surface area contributed by atoms with Crippen LogP contribution >= 0.6 is 0 Å². The van der Waals surface area contributed by atoms with Crippen LogP contribution < -0.4 is 4.90 Å². The highest BCUT2D eigenvalue weighted by molar-refractivity contribution is 5.92. The number of piperazine rings is 1. The minimum Gasteiger partial charge on any atom is -0.465 e. The molecule has 1 unspecified atom stereocenters. The quantitative estimate of drug-likeness (QED) is 0.699. The van der Waals surface area contributed by atoms with Crippen LogP contribution in [-0.4, -0.2) is 77.7 Å². The second-order valence-corrected chi connectivity index (χ2v) is 10.5. The molecule has 1 aromatic rings. The summed E-state index contributed by atoms with van der Waals surface area (Å²) in [4.78, 5) is 41.7. The lowest BCUT2D eigenvalue weighted by Crippen LogP contribution is -2.48. The number of halogens is 1. The Morgan fingerprint density at radius 2 is 1.73 bits per heavy atom. The fraction of sp³-hybridized carbons (Fsp3) is 0.625. The number of amides is 2. The van der Waals surface area contributed by atoms with Crippen LogP contribution in [0.1, 0.15) is 45.1 Å². The Labute approximate surface area is 192 Å². The average molecular weight is 460 g/mol. The summed E-state index contributed by atoms with van der Waals surface area (Å²) < 4.78 is 21.0. The molecule has 3 heterocycles. The van der Waals surface area contributed by atoms with Crippen molar-refractivity contribution in [3.05, 3.63) is 29.6 Å². The number of rotatable bonds is 3. The Hall–Kier alpha value is -2.84. The molecule has 1 spiro atoms. The van der Waals surface area contributed by atoms with Crippen LogP contribution in [0.5, 0.6) is 0 Å². The first kappa shape index (κ1) is 22.0. The molecule has 4 aliphatic rings. The van der Waals surface area contributed by atoms with E-state index in [1.807, 2.05) is 24.8 Å². The van der Waals surface area contributed by atoms with Gasteiger partial charge in [0, 0.05) is 55.8 Å². The van der Waals surface area contributed by atoms with Crippen molar-refractivity contribution in [2.75, 3.05) is 44.2 Å². The maximum atomic E-state index is 15.3. The third kappa shape index (κ3) is 3.43. The maximum absolute atomic E-state index is 15.3. The molecule has 3 saturated heterocycles. The Bertz CT molecular complexity index is 1020. The van der Waals surface area contributed by atoms with E-state index in [0.717, 1.165) is 0 Å². The van der Waals surface area contributed by atoms with Crippen LogP contribution in [0.25, 0.3) is 0 Å². The molecule has 1 aliphatic carbocycles. The predicted octanol–water partition coefficient (Wildman–Crippen LogP) is 2.60. The van der Waals surface area contributed by atoms with Gasteiger partial charge >= 0.3 is 12.1 Å². The normalized spacial score (nSPS) is 27.7. The highest BCUT2D eigenvalue weighted by atomic mass is 19.1. The van der Waals surface area contributed by atoms with Crippen molar-refractivity contribution in [2.45, 2.75) is 50.5 Å². The smallest absolute Gasteiger partial charge is 0.407 e. The van der Waals surface area contributed by atoms with Crippen molar-refractivity contribution >= 4 is 23.7 Å². The number of carbonyl (C=O) groups is 3. The van der Waals surface area contributed by atoms with E-state index in [9.17, 15) is 14.4 Å². The van der Waals surface area contributed by atoms with Gasteiger partial charge in [0.1, 0.15) is 11.4 Å². The topological polar surface area (TPSA) is 90.4 Å². The molecule has 4 fully saturated rings. The van der Waals surface area contributed by atoms with E-state index in [0.29, 0.717) is 76.2 Å². The molecule has 3 aliphatic heterocycles. The summed E-state index contributed by atoms with van der Waals surface area (Å²) in [6.45, 7) is 6.63. The zero-order chi connectivity index (χ0) is 23.6. The van der Waals surface area contributed by atoms with Crippen LogP contribution in [0.2, 0.25) is 0 Å². The van der Waals surface area contributed by atoms with Crippen LogP contribution in [-0.2, 0) is 19.7 Å². The number of anilines is 1. The number of benzene rings is 1. The monoisotopic (exact) mass is 459 g/mol. The molecule has 5 rings (SSSR count). The van der Waals surface area contributed by atoms with E-state index in [1.165, 1.54) is 11.0 Å². The largest absolute Gasteiger partial charge is 0.465 e. The van der Waals surface area contributed by atoms with Gasteiger partial charge < -0.3 is 24.5 Å². The molecular formula is C24H30FN3O5. The highest BCUT2D eigenvalue weighted by Gasteiger charge is 2.62. The molecule has 33 heavy (non-hydrogen) atoms. The Morgan fingerprint density at radius 3 is 2.27 bits per heavy atom. The van der Waals surface area contributed by atoms with Crippen LogP contribution in [0, 0.1) is 11.2 Å². The summed E-state index contributed by atoms with van der Waals surface area (Å²) in [6, 6.07) is 5.01. The lowest BCUT2D eigenvalue weighted by atomic mass is 9.74. The lowest BCUT2D eigenvalue weighted by Gasteiger charge is -2.35. The zero-order valence-electron chi connectivity index (χ0n) is 19.1. The standard InChI is InChI=1S/C24H30FN3O5/c1-22(2)14-19(29)33-24(22)7-8-28(15-24)20(30)23(5-6-23)17-4-3-16(13-18(17)25)26-9-11-27(12-10-26)21(31)32/h3-4,13H,5-12,14-15H2,1-2H3,(H,31,32). The summed E-state index contributed by atoms with van der Waals surface area (Å²) in [6.07, 6.45) is 1.22. The van der Waals surface area contributed by atoms with Crippen molar-refractivity contribution in [3.8, 4) is 0 Å². The van der Waals surface area contributed by atoms with E-state index in [-0.39, 0.29) is 17.3 Å². The van der Waals surface area contributed by atoms with Gasteiger partial charge in [-0.15, -0.1) is 0 Å². The fourth-order valence-corrected chi connectivity index (χ4v) is 5.78. The molecule has 1 aromatic carbocycles. The molecule has 1 N–H and O–H groups in total. The molecular weight excluding hydrogens is 429 g/mol. The SMILES string of the molecule is CC1(C)CC(=O)OC12CCN(C(=O)C1(c3ccc(N4CCN(C(=O)O)CC4)cc3F)CC1)C2. The molecule has 0 aromatic heterocycles. The number of esters is 1. The Morgan fingerprint density at radius 1 is 1.03 bits per heavy atom. The van der Waals surface area contributed by atoms with Crippen LogP contribution in [0.15, 0.2) is 18.2 Å². The van der Waals surface area contributed by atoms with E-state index in [2.05, 4.69) is 0 Å². The van der Waals surface area contributed by atoms with Crippen molar-refractivity contribution in [1.82, 2.24) is 9.80 Å². The number of nitrogens with zero attached hydrogens (tertiary/aromatic N) is 3. The molecule has 178 valence electrons. The summed E-state index contributed by atoms with van der Waals surface area (Å²) in [5.41, 5.74) is -0.722. The lowest BCUT2D eigenvalue weighted by molar-refractivity contribution is -0.151. The summed E-state index contributed by atoms with van der Waals surface area (Å²) in [5.74, 6) is -0.707. The number of carboxylic acid groups (broad SMARTS) is 1. The zero-order valence-corrected chi connectivity index (χ0v) is 19.1. The van der Waals surface area contributed by atoms with Crippen LogP contribution in [0.3, 0.4) is 0 Å². The molecule has 2 amide bonds. The minimum absolute atomic E-state index is 0.0835. The van der Waals surface area contributed by atoms with Crippen LogP contribution in [0.4, 0.5) is 14.9 Å². The highest BCUT2D eigenvalue weighted by Crippen LogP contribution is 2.54. The number of likely N-dealkylation sites (tertiary alicyclic amines) is 1. The van der Waals surface area contributed by atoms with Gasteiger partial charge in [-0.05, 0) is 25.0 Å². The second-order valence-electron chi connectivity index (χ2n) is 10.5. The molecule has 1 atom stereocenters. The first-order valence-electron chi connectivity index (χ1n) is 11.6. The first-order chi connectivity index (χ1) is 15.6. The van der Waals surface area contributed by atoms with Gasteiger partial charge in [-0.3, -0.25) is 9.59 Å². The van der Waals surface area contributed by atoms with Gasteiger partial charge in [-0.25, -0.2) is 9.18 Å². The van der Waals surface area contributed by atoms with Crippen molar-refractivity contribution in [1.29, 1.82) is 0 Å². The average Bonchev–Trinajstić information content (AvgIpc) is 3.39. The first-order valence-corrected chi connectivity index (χ1v) is 11.6. The fourth-order valence-electron chi connectivity index (χ4n) is 5.78. The number of carbonyl (C=O) groups excluding carboxylic acids is 2. The van der Waals surface area contributed by atoms with Crippen molar-refractivity contribution < 1.29 is 28.6 Å². The molecule has 0 bridgehead atoms. The Kier molecular flexibility index (Phi) is 4.88. The van der Waals surface area contributed by atoms with E-state index in [1.54, 1.807) is 11.0 Å². The number of hydrogen-bond acceptors (Lipinski definition) is 5. The summed E-state index contributed by atoms with van der Waals surface area (Å²) in [7, 11) is 0. The van der Waals surface area contributed by atoms with Crippen molar-refractivity contribution in [2.24, 2.45) is 5.41 Å². The van der Waals surface area contributed by atoms with E-state index in [4.69, 9.17) is 9.84 Å². The van der Waals surface area contributed by atoms with E-state index < -0.39 is 22.9 Å². The Balaban J connectivity index is 1.31. The minimum atomic E-state index is -0.940. The summed E-state index contributed by atoms with van der Waals surface area (Å²) >= 11 is 0. The third-order valence-corrected chi connectivity index (χ3v) is 8.19. The van der Waals surface area contributed by atoms with Gasteiger partial charge in [0.15, 0.2) is 0 Å². The maximum Gasteiger partial charge on any atom is 0.407 e. The van der Waals surface area contributed by atoms with Crippen molar-refractivity contribution in [3.63, 3.8) is 0 Å². The van der Waals surface area contributed by atoms with E-state index >= 15 is 4.39 Å². The summed E-state index contributed by atoms with van der Waals surface area (Å²) in [5, 5.41) is 9.11. The molecule has 0 radical (unpaired) electrons. The molecule has 8 nitrogen and oxygen atoms in total. The van der Waals surface area contributed by atoms with Gasteiger partial charge in [-0.1, -0.05) is 19.9 Å². The predicted molar refractivity (Wildman–Crippen MR) is 118 cm³/mol.